The first-order valence-corrected chi connectivity index (χ1v) is 8.53. The Morgan fingerprint density at radius 3 is 2.86 bits per heavy atom. The van der Waals surface area contributed by atoms with Crippen molar-refractivity contribution >= 4 is 35.0 Å². The van der Waals surface area contributed by atoms with Crippen molar-refractivity contribution in [3.63, 3.8) is 0 Å². The van der Waals surface area contributed by atoms with Crippen LogP contribution in [-0.4, -0.2) is 59.4 Å². The molecule has 0 spiro atoms. The quantitative estimate of drug-likeness (QED) is 0.656. The molecular formula is C13H20N2O4S2. The maximum atomic E-state index is 12.0. The summed E-state index contributed by atoms with van der Waals surface area (Å²) in [5.74, 6) is 0.258. The lowest BCUT2D eigenvalue weighted by atomic mass is 10.3. The Bertz CT molecular complexity index is 465. The number of hydrogen-bond acceptors (Lipinski definition) is 6. The highest BCUT2D eigenvalue weighted by Gasteiger charge is 2.16. The zero-order valence-electron chi connectivity index (χ0n) is 12.2. The Morgan fingerprint density at radius 1 is 1.52 bits per heavy atom. The van der Waals surface area contributed by atoms with E-state index in [-0.39, 0.29) is 12.5 Å². The fourth-order valence-electron chi connectivity index (χ4n) is 1.63. The van der Waals surface area contributed by atoms with E-state index in [9.17, 15) is 9.59 Å². The fourth-order valence-corrected chi connectivity index (χ4v) is 3.16. The summed E-state index contributed by atoms with van der Waals surface area (Å²) in [5, 5.41) is 11.9. The number of nitrogens with zero attached hydrogens (tertiary/aromatic N) is 2. The smallest absolute Gasteiger partial charge is 0.323 e. The third-order valence-corrected chi connectivity index (χ3v) is 4.44. The van der Waals surface area contributed by atoms with Gasteiger partial charge in [0.25, 0.3) is 0 Å². The number of carbonyl (C=O) groups excluding carboxylic acids is 1. The first kappa shape index (κ1) is 17.9. The Labute approximate surface area is 132 Å². The molecular weight excluding hydrogens is 312 g/mol. The lowest BCUT2D eigenvalue weighted by Gasteiger charge is -2.20. The third kappa shape index (κ3) is 7.45. The SMILES string of the molecule is COCCN(CC(=O)O)C(=O)CCSCc1csc(C)n1. The van der Waals surface area contributed by atoms with Crippen LogP contribution in [0.1, 0.15) is 17.1 Å². The normalized spacial score (nSPS) is 10.6. The van der Waals surface area contributed by atoms with Gasteiger partial charge in [-0.15, -0.1) is 11.3 Å². The lowest BCUT2D eigenvalue weighted by molar-refractivity contribution is -0.144. The zero-order valence-corrected chi connectivity index (χ0v) is 13.8. The summed E-state index contributed by atoms with van der Waals surface area (Å²) in [6.45, 7) is 2.32. The Balaban J connectivity index is 2.29. The minimum Gasteiger partial charge on any atom is -0.480 e. The molecule has 0 saturated heterocycles. The predicted molar refractivity (Wildman–Crippen MR) is 83.7 cm³/mol. The van der Waals surface area contributed by atoms with Gasteiger partial charge in [0.2, 0.25) is 5.91 Å². The summed E-state index contributed by atoms with van der Waals surface area (Å²) in [5.41, 5.74) is 1.02. The van der Waals surface area contributed by atoms with E-state index in [4.69, 9.17) is 9.84 Å². The molecule has 1 amide bonds. The Kier molecular flexibility index (Phi) is 8.33. The number of ether oxygens (including phenoxy) is 1. The zero-order chi connectivity index (χ0) is 15.7. The molecule has 0 aromatic carbocycles. The molecule has 1 N–H and O–H groups in total. The van der Waals surface area contributed by atoms with Crippen molar-refractivity contribution in [2.24, 2.45) is 0 Å². The van der Waals surface area contributed by atoms with Crippen LogP contribution in [-0.2, 0) is 20.1 Å². The summed E-state index contributed by atoms with van der Waals surface area (Å²) in [4.78, 5) is 28.4. The van der Waals surface area contributed by atoms with E-state index >= 15 is 0 Å². The number of thiazole rings is 1. The average Bonchev–Trinajstić information content (AvgIpc) is 2.84. The number of carboxylic acids is 1. The second kappa shape index (κ2) is 9.75. The summed E-state index contributed by atoms with van der Waals surface area (Å²) >= 11 is 3.24. The molecule has 6 nitrogen and oxygen atoms in total. The molecule has 0 bridgehead atoms. The van der Waals surface area contributed by atoms with Gasteiger partial charge in [0.15, 0.2) is 0 Å². The molecule has 0 radical (unpaired) electrons. The van der Waals surface area contributed by atoms with Crippen molar-refractivity contribution in [2.45, 2.75) is 19.1 Å². The largest absolute Gasteiger partial charge is 0.480 e. The maximum Gasteiger partial charge on any atom is 0.323 e. The molecule has 8 heteroatoms. The summed E-state index contributed by atoms with van der Waals surface area (Å²) in [6, 6.07) is 0. The van der Waals surface area contributed by atoms with Gasteiger partial charge in [0.1, 0.15) is 6.54 Å². The number of aliphatic carboxylic acids is 1. The number of rotatable bonds is 10. The van der Waals surface area contributed by atoms with E-state index in [1.165, 1.54) is 12.0 Å². The number of aromatic nitrogens is 1. The van der Waals surface area contributed by atoms with Crippen molar-refractivity contribution in [3.05, 3.63) is 16.1 Å². The monoisotopic (exact) mass is 332 g/mol. The van der Waals surface area contributed by atoms with Crippen molar-refractivity contribution in [1.29, 1.82) is 0 Å². The number of aryl methyl sites for hydroxylation is 1. The van der Waals surface area contributed by atoms with Gasteiger partial charge >= 0.3 is 5.97 Å². The third-order valence-electron chi connectivity index (χ3n) is 2.62. The molecule has 0 saturated carbocycles. The minimum atomic E-state index is -1.01. The molecule has 0 aliphatic heterocycles. The topological polar surface area (TPSA) is 79.7 Å². The van der Waals surface area contributed by atoms with Gasteiger partial charge in [0, 0.05) is 37.0 Å². The second-order valence-corrected chi connectivity index (χ2v) is 6.53. The Hall–Kier alpha value is -1.12. The van der Waals surface area contributed by atoms with Gasteiger partial charge in [-0.05, 0) is 6.92 Å². The summed E-state index contributed by atoms with van der Waals surface area (Å²) in [6.07, 6.45) is 0.324. The fraction of sp³-hybridized carbons (Fsp3) is 0.615. The highest BCUT2D eigenvalue weighted by atomic mass is 32.2. The van der Waals surface area contributed by atoms with E-state index < -0.39 is 5.97 Å². The lowest BCUT2D eigenvalue weighted by Crippen LogP contribution is -2.38. The molecule has 1 aromatic heterocycles. The van der Waals surface area contributed by atoms with Gasteiger partial charge in [-0.2, -0.15) is 11.8 Å². The standard InChI is InChI=1S/C13H20N2O4S2/c1-10-14-11(9-21-10)8-20-6-3-12(16)15(4-5-19-2)7-13(17)18/h9H,3-8H2,1-2H3,(H,17,18). The number of methoxy groups -OCH3 is 1. The van der Waals surface area contributed by atoms with E-state index in [2.05, 4.69) is 4.98 Å². The molecule has 0 unspecified atom stereocenters. The van der Waals surface area contributed by atoms with Crippen LogP contribution in [0, 0.1) is 6.92 Å². The summed E-state index contributed by atoms with van der Waals surface area (Å²) < 4.78 is 4.89. The molecule has 0 fully saturated rings. The molecule has 118 valence electrons. The van der Waals surface area contributed by atoms with E-state index in [0.29, 0.717) is 25.3 Å². The number of carboxylic acid groups (broad SMARTS) is 1. The van der Waals surface area contributed by atoms with Crippen LogP contribution in [0.25, 0.3) is 0 Å². The van der Waals surface area contributed by atoms with Crippen LogP contribution in [0.2, 0.25) is 0 Å². The second-order valence-electron chi connectivity index (χ2n) is 4.36. The first-order chi connectivity index (χ1) is 10.0. The van der Waals surface area contributed by atoms with E-state index in [1.54, 1.807) is 23.1 Å². The molecule has 0 aliphatic carbocycles. The highest BCUT2D eigenvalue weighted by molar-refractivity contribution is 7.98. The molecule has 1 aromatic rings. The van der Waals surface area contributed by atoms with Gasteiger partial charge in [-0.1, -0.05) is 0 Å². The van der Waals surface area contributed by atoms with Crippen molar-refractivity contribution < 1.29 is 19.4 Å². The van der Waals surface area contributed by atoms with Crippen molar-refractivity contribution in [3.8, 4) is 0 Å². The molecule has 1 rings (SSSR count). The Morgan fingerprint density at radius 2 is 2.29 bits per heavy atom. The average molecular weight is 332 g/mol. The van der Waals surface area contributed by atoms with Crippen LogP contribution in [0.4, 0.5) is 0 Å². The van der Waals surface area contributed by atoms with Gasteiger partial charge in [-0.25, -0.2) is 4.98 Å². The number of carbonyl (C=O) groups is 2. The predicted octanol–water partition coefficient (Wildman–Crippen LogP) is 1.63. The molecule has 0 aliphatic rings. The van der Waals surface area contributed by atoms with Gasteiger partial charge in [-0.3, -0.25) is 9.59 Å². The number of hydrogen-bond donors (Lipinski definition) is 1. The van der Waals surface area contributed by atoms with Crippen LogP contribution in [0.3, 0.4) is 0 Å². The first-order valence-electron chi connectivity index (χ1n) is 6.50. The van der Waals surface area contributed by atoms with Crippen molar-refractivity contribution in [2.75, 3.05) is 32.6 Å². The minimum absolute atomic E-state index is 0.156. The van der Waals surface area contributed by atoms with Crippen LogP contribution in [0.5, 0.6) is 0 Å². The number of amides is 1. The van der Waals surface area contributed by atoms with Crippen LogP contribution >= 0.6 is 23.1 Å². The summed E-state index contributed by atoms with van der Waals surface area (Å²) in [7, 11) is 1.52. The van der Waals surface area contributed by atoms with Crippen LogP contribution < -0.4 is 0 Å². The van der Waals surface area contributed by atoms with E-state index in [1.807, 2.05) is 12.3 Å². The van der Waals surface area contributed by atoms with Gasteiger partial charge < -0.3 is 14.7 Å². The molecule has 1 heterocycles. The number of thioether (sulfide) groups is 1. The van der Waals surface area contributed by atoms with Crippen molar-refractivity contribution in [1.82, 2.24) is 9.88 Å². The van der Waals surface area contributed by atoms with Crippen LogP contribution in [0.15, 0.2) is 5.38 Å². The molecule has 0 atom stereocenters. The van der Waals surface area contributed by atoms with Gasteiger partial charge in [0.05, 0.1) is 17.3 Å². The van der Waals surface area contributed by atoms with E-state index in [0.717, 1.165) is 16.5 Å². The molecule has 21 heavy (non-hydrogen) atoms. The maximum absolute atomic E-state index is 12.0. The highest BCUT2D eigenvalue weighted by Crippen LogP contribution is 2.16.